The molecule has 6 rings (SSSR count). The Kier molecular flexibility index (Phi) is 8.55. The van der Waals surface area contributed by atoms with Crippen LogP contribution in [0.4, 0.5) is 10.7 Å². The molecule has 1 aliphatic heterocycles. The largest absolute Gasteiger partial charge is 0.439 e. The minimum Gasteiger partial charge on any atom is -0.336 e. The van der Waals surface area contributed by atoms with Gasteiger partial charge in [0, 0.05) is 43.1 Å². The number of rotatable bonds is 6. The van der Waals surface area contributed by atoms with E-state index in [0.717, 1.165) is 24.9 Å². The van der Waals surface area contributed by atoms with E-state index in [4.69, 9.17) is 32.5 Å². The third kappa shape index (κ3) is 6.27. The first-order chi connectivity index (χ1) is 21.6. The van der Waals surface area contributed by atoms with Crippen molar-refractivity contribution in [2.75, 3.05) is 18.0 Å². The Hall–Kier alpha value is -4.37. The minimum atomic E-state index is -0.680. The molecule has 0 unspecified atom stereocenters. The number of aromatic nitrogens is 6. The van der Waals surface area contributed by atoms with Gasteiger partial charge in [-0.05, 0) is 57.6 Å². The number of imidazole rings is 1. The molecular weight excluding hydrogens is 594 g/mol. The van der Waals surface area contributed by atoms with Gasteiger partial charge in [-0.3, -0.25) is 14.5 Å². The van der Waals surface area contributed by atoms with Crippen LogP contribution in [0.2, 0.25) is 5.02 Å². The van der Waals surface area contributed by atoms with E-state index < -0.39 is 11.8 Å². The van der Waals surface area contributed by atoms with Crippen LogP contribution in [0.1, 0.15) is 53.4 Å². The van der Waals surface area contributed by atoms with Gasteiger partial charge < -0.3 is 19.7 Å². The highest BCUT2D eigenvalue weighted by molar-refractivity contribution is 6.30. The standard InChI is InChI=1S/C32H38ClN9O3/c1-6-24-17-40(31(43)35-18(2)3)15-20(5)42(24)30-37-25-12-26(29-38-32(44)45-39-29)36-27(22-11-23(33)14-34-13-22)28(25)41(30)16-21-9-7-19(4)8-10-21/h1,11-14,18-21,24H,7-10,15-17H2,2-5H3,(H,35,43)(H,38,39,44)/t19?,20-,21?,24-/m1/s1. The molecule has 2 N–H and O–H groups in total. The number of terminal acetylenes is 1. The Morgan fingerprint density at radius 1 is 1.18 bits per heavy atom. The van der Waals surface area contributed by atoms with E-state index in [2.05, 4.69) is 49.7 Å². The van der Waals surface area contributed by atoms with E-state index in [1.54, 1.807) is 23.4 Å². The average Bonchev–Trinajstić information content (AvgIpc) is 3.60. The number of amides is 2. The molecule has 12 nitrogen and oxygen atoms in total. The maximum absolute atomic E-state index is 13.0. The van der Waals surface area contributed by atoms with E-state index in [-0.39, 0.29) is 23.9 Å². The van der Waals surface area contributed by atoms with Gasteiger partial charge in [-0.25, -0.2) is 19.6 Å². The number of aromatic amines is 1. The van der Waals surface area contributed by atoms with E-state index in [9.17, 15) is 9.59 Å². The number of hydrogen-bond donors (Lipinski definition) is 2. The fourth-order valence-corrected chi connectivity index (χ4v) is 6.72. The number of urea groups is 1. The van der Waals surface area contributed by atoms with Gasteiger partial charge in [0.25, 0.3) is 0 Å². The van der Waals surface area contributed by atoms with Crippen molar-refractivity contribution < 1.29 is 9.32 Å². The lowest BCUT2D eigenvalue weighted by Gasteiger charge is -2.44. The number of nitrogens with one attached hydrogen (secondary N) is 2. The fourth-order valence-electron chi connectivity index (χ4n) is 6.55. The third-order valence-electron chi connectivity index (χ3n) is 8.75. The molecule has 236 valence electrons. The number of H-pyrrole nitrogens is 1. The lowest BCUT2D eigenvalue weighted by molar-refractivity contribution is 0.177. The summed E-state index contributed by atoms with van der Waals surface area (Å²) in [5.74, 6) is 4.31. The molecule has 0 spiro atoms. The fraction of sp³-hybridized carbons (Fsp3) is 0.500. The van der Waals surface area contributed by atoms with Gasteiger partial charge in [-0.1, -0.05) is 42.4 Å². The summed E-state index contributed by atoms with van der Waals surface area (Å²) >= 11 is 6.41. The van der Waals surface area contributed by atoms with Crippen molar-refractivity contribution in [1.29, 1.82) is 0 Å². The second-order valence-corrected chi connectivity index (χ2v) is 13.1. The van der Waals surface area contributed by atoms with Crippen LogP contribution >= 0.6 is 11.6 Å². The number of pyridine rings is 2. The summed E-state index contributed by atoms with van der Waals surface area (Å²) in [6.07, 6.45) is 14.0. The van der Waals surface area contributed by atoms with Crippen LogP contribution in [0.3, 0.4) is 0 Å². The number of halogens is 1. The molecule has 0 aromatic carbocycles. The topological polar surface area (TPSA) is 138 Å². The summed E-state index contributed by atoms with van der Waals surface area (Å²) in [4.78, 5) is 45.9. The predicted octanol–water partition coefficient (Wildman–Crippen LogP) is 4.95. The summed E-state index contributed by atoms with van der Waals surface area (Å²) in [7, 11) is 0. The molecule has 1 aliphatic carbocycles. The van der Waals surface area contributed by atoms with Gasteiger partial charge in [0.2, 0.25) is 11.8 Å². The molecule has 5 heterocycles. The molecular formula is C32H38ClN9O3. The minimum absolute atomic E-state index is 0.0123. The van der Waals surface area contributed by atoms with Crippen LogP contribution in [0, 0.1) is 24.2 Å². The highest BCUT2D eigenvalue weighted by atomic mass is 35.5. The third-order valence-corrected chi connectivity index (χ3v) is 8.96. The average molecular weight is 632 g/mol. The van der Waals surface area contributed by atoms with Gasteiger partial charge in [0.1, 0.15) is 11.7 Å². The molecule has 13 heteroatoms. The summed E-state index contributed by atoms with van der Waals surface area (Å²) < 4.78 is 7.03. The van der Waals surface area contributed by atoms with Gasteiger partial charge >= 0.3 is 11.8 Å². The van der Waals surface area contributed by atoms with Crippen molar-refractivity contribution in [2.24, 2.45) is 11.8 Å². The first-order valence-corrected chi connectivity index (χ1v) is 15.9. The van der Waals surface area contributed by atoms with E-state index in [1.165, 1.54) is 12.8 Å². The Bertz CT molecular complexity index is 1800. The number of fused-ring (bicyclic) bond motifs is 1. The van der Waals surface area contributed by atoms with Crippen molar-refractivity contribution in [1.82, 2.24) is 39.9 Å². The Morgan fingerprint density at radius 3 is 2.62 bits per heavy atom. The second-order valence-electron chi connectivity index (χ2n) is 12.7. The van der Waals surface area contributed by atoms with Gasteiger partial charge in [-0.2, -0.15) is 0 Å². The van der Waals surface area contributed by atoms with Crippen LogP contribution in [0.5, 0.6) is 0 Å². The van der Waals surface area contributed by atoms with E-state index in [1.807, 2.05) is 19.9 Å². The molecule has 2 fully saturated rings. The lowest BCUT2D eigenvalue weighted by atomic mass is 9.83. The smallest absolute Gasteiger partial charge is 0.336 e. The summed E-state index contributed by atoms with van der Waals surface area (Å²) in [5, 5.41) is 7.34. The van der Waals surface area contributed by atoms with Crippen molar-refractivity contribution in [3.63, 3.8) is 0 Å². The molecule has 2 amide bonds. The Morgan fingerprint density at radius 2 is 1.96 bits per heavy atom. The predicted molar refractivity (Wildman–Crippen MR) is 173 cm³/mol. The maximum atomic E-state index is 13.0. The molecule has 4 aromatic heterocycles. The SMILES string of the molecule is C#C[C@@H]1CN(C(=O)NC(C)C)C[C@@H](C)N1c1nc2cc(-c3noc(=O)[nH]3)nc(-c3cncc(Cl)c3)c2n1CC1CCC(C)CC1. The molecule has 1 saturated heterocycles. The second kappa shape index (κ2) is 12.6. The van der Waals surface area contributed by atoms with Crippen LogP contribution < -0.4 is 16.0 Å². The zero-order chi connectivity index (χ0) is 31.8. The highest BCUT2D eigenvalue weighted by Crippen LogP contribution is 2.38. The highest BCUT2D eigenvalue weighted by Gasteiger charge is 2.37. The number of carbonyl (C=O) groups is 1. The molecule has 1 saturated carbocycles. The zero-order valence-electron chi connectivity index (χ0n) is 26.0. The van der Waals surface area contributed by atoms with Crippen molar-refractivity contribution in [3.05, 3.63) is 40.1 Å². The summed E-state index contributed by atoms with van der Waals surface area (Å²) in [6, 6.07) is 2.95. The van der Waals surface area contributed by atoms with Crippen molar-refractivity contribution in [2.45, 2.75) is 78.0 Å². The Labute approximate surface area is 266 Å². The monoisotopic (exact) mass is 631 g/mol. The van der Waals surface area contributed by atoms with Crippen LogP contribution in [0.25, 0.3) is 33.8 Å². The van der Waals surface area contributed by atoms with Crippen LogP contribution in [0.15, 0.2) is 33.8 Å². The first kappa shape index (κ1) is 30.6. The molecule has 4 aromatic rings. The number of nitrogens with zero attached hydrogens (tertiary/aromatic N) is 7. The molecule has 2 aliphatic rings. The number of carbonyl (C=O) groups excluding carboxylic acids is 1. The molecule has 0 bridgehead atoms. The van der Waals surface area contributed by atoms with Crippen molar-refractivity contribution in [3.8, 4) is 35.1 Å². The lowest BCUT2D eigenvalue weighted by Crippen LogP contribution is -2.61. The first-order valence-electron chi connectivity index (χ1n) is 15.5. The molecule has 45 heavy (non-hydrogen) atoms. The van der Waals surface area contributed by atoms with Gasteiger partial charge in [-0.15, -0.1) is 6.42 Å². The number of hydrogen-bond acceptors (Lipinski definition) is 8. The molecule has 2 atom stereocenters. The van der Waals surface area contributed by atoms with Crippen LogP contribution in [-0.4, -0.2) is 71.8 Å². The van der Waals surface area contributed by atoms with Gasteiger partial charge in [0.05, 0.1) is 28.3 Å². The van der Waals surface area contributed by atoms with Crippen LogP contribution in [-0.2, 0) is 6.54 Å². The van der Waals surface area contributed by atoms with E-state index >= 15 is 0 Å². The summed E-state index contributed by atoms with van der Waals surface area (Å²) in [5.41, 5.74) is 3.15. The zero-order valence-corrected chi connectivity index (χ0v) is 26.7. The Balaban J connectivity index is 1.53. The van der Waals surface area contributed by atoms with Gasteiger partial charge in [0.15, 0.2) is 0 Å². The molecule has 0 radical (unpaired) electrons. The normalized spacial score (nSPS) is 22.2. The quantitative estimate of drug-likeness (QED) is 0.285. The maximum Gasteiger partial charge on any atom is 0.439 e. The van der Waals surface area contributed by atoms with E-state index in [0.29, 0.717) is 58.4 Å². The summed E-state index contributed by atoms with van der Waals surface area (Å²) in [6.45, 7) is 9.82. The number of anilines is 1. The van der Waals surface area contributed by atoms with Crippen molar-refractivity contribution >= 4 is 34.6 Å². The number of piperazine rings is 1.